The lowest BCUT2D eigenvalue weighted by Crippen LogP contribution is -2.60. The van der Waals surface area contributed by atoms with E-state index in [4.69, 9.17) is 5.73 Å². The number of amides is 1. The number of nitrogens with one attached hydrogen (secondary N) is 2. The van der Waals surface area contributed by atoms with E-state index >= 15 is 0 Å². The maximum atomic E-state index is 11.2. The van der Waals surface area contributed by atoms with E-state index in [0.717, 1.165) is 25.1 Å². The van der Waals surface area contributed by atoms with Crippen molar-refractivity contribution < 1.29 is 9.59 Å². The zero-order chi connectivity index (χ0) is 19.9. The molecule has 0 bridgehead atoms. The van der Waals surface area contributed by atoms with E-state index in [-0.39, 0.29) is 5.91 Å². The number of anilines is 1. The fraction of sp³-hybridized carbons (Fsp3) is 0.474. The van der Waals surface area contributed by atoms with E-state index in [9.17, 15) is 9.59 Å². The molecule has 1 amide bonds. The quantitative estimate of drug-likeness (QED) is 0.661. The molecule has 0 unspecified atom stereocenters. The Labute approximate surface area is 157 Å². The first-order chi connectivity index (χ1) is 12.5. The third kappa shape index (κ3) is 8.64. The fourth-order valence-electron chi connectivity index (χ4n) is 2.05. The van der Waals surface area contributed by atoms with Crippen LogP contribution in [0.15, 0.2) is 36.7 Å². The smallest absolute Gasteiger partial charge is 0.236 e. The van der Waals surface area contributed by atoms with Crippen LogP contribution in [0.4, 0.5) is 5.69 Å². The molecule has 0 spiro atoms. The van der Waals surface area contributed by atoms with Crippen LogP contribution in [0.2, 0.25) is 0 Å². The zero-order valence-electron chi connectivity index (χ0n) is 16.5. The van der Waals surface area contributed by atoms with Gasteiger partial charge in [0.1, 0.15) is 6.29 Å². The molecule has 1 aromatic rings. The highest BCUT2D eigenvalue weighted by molar-refractivity contribution is 5.79. The molecule has 1 aliphatic rings. The van der Waals surface area contributed by atoms with Crippen molar-refractivity contribution in [1.82, 2.24) is 15.1 Å². The third-order valence-electron chi connectivity index (χ3n) is 3.67. The number of benzene rings is 1. The molecule has 26 heavy (non-hydrogen) atoms. The summed E-state index contributed by atoms with van der Waals surface area (Å²) >= 11 is 0. The lowest BCUT2D eigenvalue weighted by Gasteiger charge is -2.42. The van der Waals surface area contributed by atoms with Crippen molar-refractivity contribution in [2.24, 2.45) is 5.73 Å². The van der Waals surface area contributed by atoms with Crippen molar-refractivity contribution in [1.29, 1.82) is 0 Å². The van der Waals surface area contributed by atoms with Crippen LogP contribution in [-0.4, -0.2) is 68.8 Å². The van der Waals surface area contributed by atoms with E-state index in [2.05, 4.69) is 15.5 Å². The van der Waals surface area contributed by atoms with E-state index < -0.39 is 0 Å². The SMILES string of the molecule is CC.CNCC(=O)N1CC(N(C)C)C1.N/C=C\Nc1ccc(C=O)cc1. The third-order valence-corrected chi connectivity index (χ3v) is 3.67. The predicted molar refractivity (Wildman–Crippen MR) is 108 cm³/mol. The highest BCUT2D eigenvalue weighted by atomic mass is 16.2. The molecular weight excluding hydrogens is 330 g/mol. The number of nitrogens with zero attached hydrogens (tertiary/aromatic N) is 2. The number of likely N-dealkylation sites (tertiary alicyclic amines) is 1. The number of hydrogen-bond acceptors (Lipinski definition) is 6. The molecule has 0 aliphatic carbocycles. The summed E-state index contributed by atoms with van der Waals surface area (Å²) in [4.78, 5) is 25.5. The molecule has 1 saturated heterocycles. The van der Waals surface area contributed by atoms with Gasteiger partial charge in [-0.2, -0.15) is 0 Å². The minimum Gasteiger partial charge on any atom is -0.403 e. The van der Waals surface area contributed by atoms with Crippen LogP contribution in [0.25, 0.3) is 0 Å². The van der Waals surface area contributed by atoms with Gasteiger partial charge in [-0.25, -0.2) is 0 Å². The number of likely N-dealkylation sites (N-methyl/N-ethyl adjacent to an activating group) is 2. The molecule has 0 radical (unpaired) electrons. The second-order valence-corrected chi connectivity index (χ2v) is 5.69. The average Bonchev–Trinajstić information content (AvgIpc) is 2.61. The molecule has 1 aliphatic heterocycles. The Bertz CT molecular complexity index is 537. The maximum absolute atomic E-state index is 11.2. The van der Waals surface area contributed by atoms with Crippen molar-refractivity contribution in [2.75, 3.05) is 46.1 Å². The summed E-state index contributed by atoms with van der Waals surface area (Å²) < 4.78 is 0. The summed E-state index contributed by atoms with van der Waals surface area (Å²) in [6.45, 7) is 6.22. The summed E-state index contributed by atoms with van der Waals surface area (Å²) in [5.41, 5.74) is 6.70. The highest BCUT2D eigenvalue weighted by Crippen LogP contribution is 2.11. The minimum atomic E-state index is 0.204. The van der Waals surface area contributed by atoms with Gasteiger partial charge in [0.15, 0.2) is 0 Å². The molecule has 146 valence electrons. The number of nitrogens with two attached hydrogens (primary N) is 1. The Morgan fingerprint density at radius 2 is 1.85 bits per heavy atom. The molecule has 7 nitrogen and oxygen atoms in total. The molecule has 0 aromatic heterocycles. The Hall–Kier alpha value is -2.38. The first-order valence-corrected chi connectivity index (χ1v) is 8.79. The van der Waals surface area contributed by atoms with Crippen molar-refractivity contribution in [3.63, 3.8) is 0 Å². The first-order valence-electron chi connectivity index (χ1n) is 8.79. The Kier molecular flexibility index (Phi) is 12.6. The summed E-state index contributed by atoms with van der Waals surface area (Å²) in [5.74, 6) is 0.204. The largest absolute Gasteiger partial charge is 0.403 e. The standard InChI is InChI=1S/C9H10N2O.C8H17N3O.C2H6/c10-5-6-11-9-3-1-8(7-12)2-4-9;1-9-4-8(12)11-5-7(6-11)10(2)3;1-2/h1-7,11H,10H2;7,9H,4-6H2,1-3H3;1-2H3/b6-5-;;. The van der Waals surface area contributed by atoms with E-state index in [1.54, 1.807) is 25.4 Å². The molecule has 2 rings (SSSR count). The number of aldehydes is 1. The molecule has 4 N–H and O–H groups in total. The highest BCUT2D eigenvalue weighted by Gasteiger charge is 2.30. The number of carbonyl (C=O) groups is 2. The van der Waals surface area contributed by atoms with Gasteiger partial charge in [-0.3, -0.25) is 9.59 Å². The van der Waals surface area contributed by atoms with Crippen molar-refractivity contribution in [3.8, 4) is 0 Å². The number of hydrogen-bond donors (Lipinski definition) is 3. The first kappa shape index (κ1) is 23.6. The zero-order valence-corrected chi connectivity index (χ0v) is 16.5. The molecule has 0 saturated carbocycles. The van der Waals surface area contributed by atoms with Crippen LogP contribution in [0.3, 0.4) is 0 Å². The molecule has 1 fully saturated rings. The van der Waals surface area contributed by atoms with Gasteiger partial charge in [-0.15, -0.1) is 0 Å². The van der Waals surface area contributed by atoms with Crippen LogP contribution in [0, 0.1) is 0 Å². The minimum absolute atomic E-state index is 0.204. The normalized spacial score (nSPS) is 13.2. The van der Waals surface area contributed by atoms with Gasteiger partial charge in [0.25, 0.3) is 0 Å². The van der Waals surface area contributed by atoms with Gasteiger partial charge in [0.2, 0.25) is 5.91 Å². The predicted octanol–water partition coefficient (Wildman–Crippen LogP) is 1.35. The van der Waals surface area contributed by atoms with Gasteiger partial charge < -0.3 is 26.2 Å². The van der Waals surface area contributed by atoms with Crippen molar-refractivity contribution in [3.05, 3.63) is 42.2 Å². The molecule has 1 aromatic carbocycles. The van der Waals surface area contributed by atoms with Crippen molar-refractivity contribution >= 4 is 17.9 Å². The number of carbonyl (C=O) groups excluding carboxylic acids is 2. The Morgan fingerprint density at radius 3 is 2.27 bits per heavy atom. The lowest BCUT2D eigenvalue weighted by molar-refractivity contribution is -0.136. The molecule has 1 heterocycles. The fourth-order valence-corrected chi connectivity index (χ4v) is 2.05. The van der Waals surface area contributed by atoms with Gasteiger partial charge >= 0.3 is 0 Å². The number of rotatable bonds is 6. The Balaban J connectivity index is 0.000000439. The summed E-state index contributed by atoms with van der Waals surface area (Å²) in [7, 11) is 5.89. The van der Waals surface area contributed by atoms with E-state index in [1.807, 2.05) is 45.0 Å². The monoisotopic (exact) mass is 363 g/mol. The maximum Gasteiger partial charge on any atom is 0.236 e. The van der Waals surface area contributed by atoms with E-state index in [1.165, 1.54) is 6.20 Å². The second-order valence-electron chi connectivity index (χ2n) is 5.69. The van der Waals surface area contributed by atoms with Crippen LogP contribution in [0.1, 0.15) is 24.2 Å². The van der Waals surface area contributed by atoms with Crippen LogP contribution in [-0.2, 0) is 4.79 Å². The lowest BCUT2D eigenvalue weighted by atomic mass is 10.1. The summed E-state index contributed by atoms with van der Waals surface area (Å²) in [6, 6.07) is 7.65. The average molecular weight is 364 g/mol. The van der Waals surface area contributed by atoms with Gasteiger partial charge in [-0.05, 0) is 45.4 Å². The van der Waals surface area contributed by atoms with Gasteiger partial charge in [0.05, 0.1) is 6.54 Å². The second kappa shape index (κ2) is 13.9. The summed E-state index contributed by atoms with van der Waals surface area (Å²) in [6.07, 6.45) is 3.84. The van der Waals surface area contributed by atoms with Gasteiger partial charge in [0, 0.05) is 42.8 Å². The van der Waals surface area contributed by atoms with Crippen molar-refractivity contribution in [2.45, 2.75) is 19.9 Å². The Morgan fingerprint density at radius 1 is 1.27 bits per heavy atom. The van der Waals surface area contributed by atoms with Crippen LogP contribution in [0.5, 0.6) is 0 Å². The van der Waals surface area contributed by atoms with E-state index in [0.29, 0.717) is 18.2 Å². The van der Waals surface area contributed by atoms with Crippen LogP contribution >= 0.6 is 0 Å². The molecular formula is C19H33N5O2. The van der Waals surface area contributed by atoms with Gasteiger partial charge in [-0.1, -0.05) is 13.8 Å². The van der Waals surface area contributed by atoms with Crippen LogP contribution < -0.4 is 16.4 Å². The molecule has 0 atom stereocenters. The topological polar surface area (TPSA) is 90.7 Å². The summed E-state index contributed by atoms with van der Waals surface area (Å²) in [5, 5.41) is 5.78. The molecule has 7 heteroatoms.